The van der Waals surface area contributed by atoms with Gasteiger partial charge >= 0.3 is 0 Å². The van der Waals surface area contributed by atoms with Crippen LogP contribution >= 0.6 is 0 Å². The van der Waals surface area contributed by atoms with Crippen molar-refractivity contribution in [1.82, 2.24) is 15.1 Å². The van der Waals surface area contributed by atoms with Crippen LogP contribution in [0.15, 0.2) is 0 Å². The van der Waals surface area contributed by atoms with Crippen LogP contribution in [0.4, 0.5) is 0 Å². The predicted octanol–water partition coefficient (Wildman–Crippen LogP) is 0.845. The lowest BCUT2D eigenvalue weighted by molar-refractivity contribution is -0.133. The Morgan fingerprint density at radius 2 is 1.86 bits per heavy atom. The minimum atomic E-state index is 0.169. The molecule has 0 aromatic rings. The summed E-state index contributed by atoms with van der Waals surface area (Å²) >= 11 is 0. The van der Waals surface area contributed by atoms with Crippen molar-refractivity contribution in [1.29, 1.82) is 0 Å². The molecule has 1 N–H and O–H groups in total. The standard InChI is InChI=1S/C16H27N3O2/c1-2-16(21)19-7-5-18(6-8-19)11-15(20)17-14-10-12-3-4-13(14)9-12/h12-14H,2-11H2,1H3,(H,17,20)/t12-,13-,14-/m0/s1. The van der Waals surface area contributed by atoms with E-state index in [0.29, 0.717) is 19.0 Å². The summed E-state index contributed by atoms with van der Waals surface area (Å²) in [5, 5.41) is 3.24. The van der Waals surface area contributed by atoms with E-state index in [-0.39, 0.29) is 11.8 Å². The highest BCUT2D eigenvalue weighted by atomic mass is 16.2. The third-order valence-electron chi connectivity index (χ3n) is 5.48. The van der Waals surface area contributed by atoms with Crippen molar-refractivity contribution in [2.75, 3.05) is 32.7 Å². The second-order valence-electron chi connectivity index (χ2n) is 6.86. The second kappa shape index (κ2) is 6.34. The summed E-state index contributed by atoms with van der Waals surface area (Å²) in [7, 11) is 0. The number of nitrogens with one attached hydrogen (secondary N) is 1. The van der Waals surface area contributed by atoms with Gasteiger partial charge in [-0.2, -0.15) is 0 Å². The second-order valence-corrected chi connectivity index (χ2v) is 6.86. The van der Waals surface area contributed by atoms with E-state index in [1.54, 1.807) is 0 Å². The van der Waals surface area contributed by atoms with Crippen LogP contribution < -0.4 is 5.32 Å². The number of nitrogens with zero attached hydrogens (tertiary/aromatic N) is 2. The number of carbonyl (C=O) groups excluding carboxylic acids is 2. The molecule has 1 saturated heterocycles. The van der Waals surface area contributed by atoms with Crippen molar-refractivity contribution in [3.8, 4) is 0 Å². The van der Waals surface area contributed by atoms with Crippen molar-refractivity contribution < 1.29 is 9.59 Å². The quantitative estimate of drug-likeness (QED) is 0.836. The van der Waals surface area contributed by atoms with E-state index in [1.807, 2.05) is 11.8 Å². The zero-order valence-electron chi connectivity index (χ0n) is 13.0. The van der Waals surface area contributed by atoms with Gasteiger partial charge in [-0.1, -0.05) is 13.3 Å². The lowest BCUT2D eigenvalue weighted by Crippen LogP contribution is -2.52. The molecular weight excluding hydrogens is 266 g/mol. The Labute approximate surface area is 127 Å². The van der Waals surface area contributed by atoms with E-state index in [1.165, 1.54) is 25.7 Å². The van der Waals surface area contributed by atoms with Gasteiger partial charge in [-0.3, -0.25) is 14.5 Å². The molecule has 21 heavy (non-hydrogen) atoms. The third-order valence-corrected chi connectivity index (χ3v) is 5.48. The molecule has 5 nitrogen and oxygen atoms in total. The van der Waals surface area contributed by atoms with E-state index in [9.17, 15) is 9.59 Å². The number of fused-ring (bicyclic) bond motifs is 2. The molecule has 3 fully saturated rings. The summed E-state index contributed by atoms with van der Waals surface area (Å²) in [6, 6.07) is 0.430. The maximum absolute atomic E-state index is 12.2. The molecule has 118 valence electrons. The third kappa shape index (κ3) is 3.39. The molecule has 1 heterocycles. The molecule has 0 aromatic heterocycles. The maximum atomic E-state index is 12.2. The zero-order valence-corrected chi connectivity index (χ0v) is 13.0. The highest BCUT2D eigenvalue weighted by Crippen LogP contribution is 2.44. The molecule has 0 spiro atoms. The Hall–Kier alpha value is -1.10. The molecule has 2 saturated carbocycles. The Balaban J connectivity index is 1.39. The van der Waals surface area contributed by atoms with Gasteiger partial charge in [0.15, 0.2) is 0 Å². The number of amides is 2. The maximum Gasteiger partial charge on any atom is 0.234 e. The molecule has 2 amide bonds. The summed E-state index contributed by atoms with van der Waals surface area (Å²) < 4.78 is 0. The smallest absolute Gasteiger partial charge is 0.234 e. The topological polar surface area (TPSA) is 52.7 Å². The first-order valence-corrected chi connectivity index (χ1v) is 8.45. The molecule has 2 aliphatic carbocycles. The van der Waals surface area contributed by atoms with Gasteiger partial charge < -0.3 is 10.2 Å². The van der Waals surface area contributed by atoms with Crippen LogP contribution in [0.3, 0.4) is 0 Å². The van der Waals surface area contributed by atoms with Gasteiger partial charge in [0.05, 0.1) is 6.54 Å². The Morgan fingerprint density at radius 3 is 2.43 bits per heavy atom. The van der Waals surface area contributed by atoms with Crippen molar-refractivity contribution in [3.63, 3.8) is 0 Å². The van der Waals surface area contributed by atoms with E-state index in [2.05, 4.69) is 10.2 Å². The zero-order chi connectivity index (χ0) is 14.8. The molecule has 3 aliphatic rings. The molecule has 0 unspecified atom stereocenters. The van der Waals surface area contributed by atoms with Gasteiger partial charge in [-0.15, -0.1) is 0 Å². The average Bonchev–Trinajstić information content (AvgIpc) is 3.09. The fourth-order valence-electron chi connectivity index (χ4n) is 4.26. The van der Waals surface area contributed by atoms with Crippen LogP contribution in [0.1, 0.15) is 39.0 Å². The van der Waals surface area contributed by atoms with Gasteiger partial charge in [0.1, 0.15) is 0 Å². The molecule has 3 atom stereocenters. The van der Waals surface area contributed by atoms with Crippen LogP contribution in [0.2, 0.25) is 0 Å². The van der Waals surface area contributed by atoms with Crippen LogP contribution in [0.25, 0.3) is 0 Å². The first-order valence-electron chi connectivity index (χ1n) is 8.45. The SMILES string of the molecule is CCC(=O)N1CCN(CC(=O)N[C@H]2C[C@H]3CC[C@H]2C3)CC1. The minimum absolute atomic E-state index is 0.169. The Bertz CT molecular complexity index is 404. The molecular formula is C16H27N3O2. The van der Waals surface area contributed by atoms with Gasteiger partial charge in [-0.05, 0) is 31.1 Å². The number of rotatable bonds is 4. The molecule has 3 rings (SSSR count). The van der Waals surface area contributed by atoms with Crippen molar-refractivity contribution in [2.24, 2.45) is 11.8 Å². The van der Waals surface area contributed by atoms with E-state index < -0.39 is 0 Å². The van der Waals surface area contributed by atoms with Crippen molar-refractivity contribution >= 4 is 11.8 Å². The fraction of sp³-hybridized carbons (Fsp3) is 0.875. The average molecular weight is 293 g/mol. The summed E-state index contributed by atoms with van der Waals surface area (Å²) in [6.45, 7) is 5.54. The predicted molar refractivity (Wildman–Crippen MR) is 80.7 cm³/mol. The fourth-order valence-corrected chi connectivity index (χ4v) is 4.26. The first-order chi connectivity index (χ1) is 10.2. The normalized spacial score (nSPS) is 32.4. The lowest BCUT2D eigenvalue weighted by atomic mass is 9.95. The first kappa shape index (κ1) is 14.8. The molecule has 5 heteroatoms. The van der Waals surface area contributed by atoms with Gasteiger partial charge in [0.2, 0.25) is 11.8 Å². The number of hydrogen-bond acceptors (Lipinski definition) is 3. The summed E-state index contributed by atoms with van der Waals surface area (Å²) in [4.78, 5) is 27.9. The highest BCUT2D eigenvalue weighted by Gasteiger charge is 2.40. The van der Waals surface area contributed by atoms with Gasteiger partial charge in [0.25, 0.3) is 0 Å². The molecule has 1 aliphatic heterocycles. The highest BCUT2D eigenvalue weighted by molar-refractivity contribution is 5.78. The number of hydrogen-bond donors (Lipinski definition) is 1. The van der Waals surface area contributed by atoms with Crippen LogP contribution in [-0.2, 0) is 9.59 Å². The van der Waals surface area contributed by atoms with Crippen molar-refractivity contribution in [3.05, 3.63) is 0 Å². The summed E-state index contributed by atoms with van der Waals surface area (Å²) in [6.07, 6.45) is 5.75. The van der Waals surface area contributed by atoms with Crippen molar-refractivity contribution in [2.45, 2.75) is 45.1 Å². The largest absolute Gasteiger partial charge is 0.352 e. The number of piperazine rings is 1. The summed E-state index contributed by atoms with van der Waals surface area (Å²) in [5.74, 6) is 1.99. The van der Waals surface area contributed by atoms with E-state index in [0.717, 1.165) is 38.0 Å². The van der Waals surface area contributed by atoms with E-state index >= 15 is 0 Å². The van der Waals surface area contributed by atoms with Crippen LogP contribution in [-0.4, -0.2) is 60.4 Å². The molecule has 2 bridgehead atoms. The Kier molecular flexibility index (Phi) is 4.48. The monoisotopic (exact) mass is 293 g/mol. The van der Waals surface area contributed by atoms with Gasteiger partial charge in [-0.25, -0.2) is 0 Å². The van der Waals surface area contributed by atoms with Gasteiger partial charge in [0, 0.05) is 38.6 Å². The van der Waals surface area contributed by atoms with Crippen LogP contribution in [0, 0.1) is 11.8 Å². The Morgan fingerprint density at radius 1 is 1.10 bits per heavy atom. The van der Waals surface area contributed by atoms with Crippen LogP contribution in [0.5, 0.6) is 0 Å². The molecule has 0 radical (unpaired) electrons. The molecule has 0 aromatic carbocycles. The van der Waals surface area contributed by atoms with E-state index in [4.69, 9.17) is 0 Å². The minimum Gasteiger partial charge on any atom is -0.352 e. The summed E-state index contributed by atoms with van der Waals surface area (Å²) in [5.41, 5.74) is 0. The lowest BCUT2D eigenvalue weighted by Gasteiger charge is -2.34. The number of carbonyl (C=O) groups is 2.